The van der Waals surface area contributed by atoms with Gasteiger partial charge in [-0.1, -0.05) is 56.0 Å². The normalized spacial score (nSPS) is 16.7. The number of nitrogens with zero attached hydrogens (tertiary/aromatic N) is 3. The third kappa shape index (κ3) is 7.38. The molecule has 2 aliphatic heterocycles. The molecule has 0 radical (unpaired) electrons. The Kier molecular flexibility index (Phi) is 10.1. The van der Waals surface area contributed by atoms with E-state index in [-0.39, 0.29) is 18.0 Å². The number of fused-ring (bicyclic) bond motifs is 1. The lowest BCUT2D eigenvalue weighted by Gasteiger charge is -2.10. The Bertz CT molecular complexity index is 1400. The molecule has 7 nitrogen and oxygen atoms in total. The first kappa shape index (κ1) is 29.2. The minimum Gasteiger partial charge on any atom is -0.337 e. The van der Waals surface area contributed by atoms with E-state index in [9.17, 15) is 9.59 Å². The summed E-state index contributed by atoms with van der Waals surface area (Å²) in [6.45, 7) is 12.7. The summed E-state index contributed by atoms with van der Waals surface area (Å²) in [5, 5.41) is 9.92. The van der Waals surface area contributed by atoms with Gasteiger partial charge in [0.25, 0.3) is 5.91 Å². The highest BCUT2D eigenvalue weighted by Gasteiger charge is 2.26. The van der Waals surface area contributed by atoms with Crippen LogP contribution in [0.5, 0.6) is 0 Å². The van der Waals surface area contributed by atoms with Crippen LogP contribution >= 0.6 is 0 Å². The van der Waals surface area contributed by atoms with Gasteiger partial charge in [-0.3, -0.25) is 9.48 Å². The van der Waals surface area contributed by atoms with E-state index in [2.05, 4.69) is 53.2 Å². The molecular formula is C32H39N5O2. The fourth-order valence-corrected chi connectivity index (χ4v) is 4.55. The number of aryl methyl sites for hydroxylation is 3. The molecular weight excluding hydrogens is 486 g/mol. The van der Waals surface area contributed by atoms with Crippen LogP contribution in [0.25, 0.3) is 6.08 Å². The average molecular weight is 526 g/mol. The molecule has 1 unspecified atom stereocenters. The van der Waals surface area contributed by atoms with Gasteiger partial charge < -0.3 is 15.5 Å². The fraction of sp³-hybridized carbons (Fsp3) is 0.344. The summed E-state index contributed by atoms with van der Waals surface area (Å²) in [4.78, 5) is 25.0. The first-order valence-electron chi connectivity index (χ1n) is 13.3. The summed E-state index contributed by atoms with van der Waals surface area (Å²) in [6, 6.07) is 5.78. The highest BCUT2D eigenvalue weighted by molar-refractivity contribution is 5.98. The van der Waals surface area contributed by atoms with Crippen LogP contribution in [-0.2, 0) is 20.0 Å². The molecule has 2 N–H and O–H groups in total. The largest absolute Gasteiger partial charge is 0.337 e. The van der Waals surface area contributed by atoms with Crippen LogP contribution in [0.1, 0.15) is 65.1 Å². The fourth-order valence-electron chi connectivity index (χ4n) is 4.55. The van der Waals surface area contributed by atoms with Crippen LogP contribution in [0.4, 0.5) is 4.79 Å². The van der Waals surface area contributed by atoms with Crippen molar-refractivity contribution in [1.29, 1.82) is 0 Å². The van der Waals surface area contributed by atoms with E-state index in [0.29, 0.717) is 5.70 Å². The molecule has 3 heterocycles. The van der Waals surface area contributed by atoms with Crippen LogP contribution in [-0.4, -0.2) is 39.7 Å². The lowest BCUT2D eigenvalue weighted by Crippen LogP contribution is -2.27. The molecule has 1 aromatic heterocycles. The van der Waals surface area contributed by atoms with Crippen molar-refractivity contribution < 1.29 is 9.59 Å². The number of benzene rings is 1. The maximum Gasteiger partial charge on any atom is 0.319 e. The topological polar surface area (TPSA) is 79.3 Å². The van der Waals surface area contributed by atoms with Crippen molar-refractivity contribution in [1.82, 2.24) is 25.3 Å². The SMILES string of the molecule is C=C1NC(=O)NC1C(/C=C\C)=C/C=C/c1c(C)nn(C)c1C.CCC#CCCc1ccc2c(c1)C(=O)N(C)C2. The van der Waals surface area contributed by atoms with E-state index in [4.69, 9.17) is 0 Å². The van der Waals surface area contributed by atoms with Crippen molar-refractivity contribution >= 4 is 18.0 Å². The van der Waals surface area contributed by atoms with E-state index >= 15 is 0 Å². The maximum atomic E-state index is 11.8. The Hall–Kier alpha value is -4.31. The van der Waals surface area contributed by atoms with Crippen molar-refractivity contribution in [2.75, 3.05) is 7.05 Å². The molecule has 2 aromatic rings. The number of urea groups is 1. The molecule has 1 aromatic carbocycles. The Morgan fingerprint density at radius 1 is 1.23 bits per heavy atom. The van der Waals surface area contributed by atoms with Crippen LogP contribution < -0.4 is 10.6 Å². The predicted octanol–water partition coefficient (Wildman–Crippen LogP) is 5.37. The summed E-state index contributed by atoms with van der Waals surface area (Å²) in [7, 11) is 3.78. The molecule has 204 valence electrons. The molecule has 1 atom stereocenters. The molecule has 0 spiro atoms. The number of rotatable bonds is 6. The van der Waals surface area contributed by atoms with Crippen molar-refractivity contribution in [3.05, 3.63) is 94.0 Å². The molecule has 3 amide bonds. The van der Waals surface area contributed by atoms with Gasteiger partial charge in [0.2, 0.25) is 0 Å². The van der Waals surface area contributed by atoms with Gasteiger partial charge >= 0.3 is 6.03 Å². The molecule has 0 bridgehead atoms. The van der Waals surface area contributed by atoms with Crippen LogP contribution in [0, 0.1) is 25.7 Å². The van der Waals surface area contributed by atoms with Gasteiger partial charge in [-0.2, -0.15) is 5.10 Å². The first-order chi connectivity index (χ1) is 18.7. The smallest absolute Gasteiger partial charge is 0.319 e. The third-order valence-electron chi connectivity index (χ3n) is 6.71. The van der Waals surface area contributed by atoms with Gasteiger partial charge in [0.05, 0.1) is 11.7 Å². The standard InChI is InChI=1S/C17H22N4O.C15H17NO/c1-6-8-14(16-12(3)18-17(22)19-16)9-7-10-15-11(2)20-21(5)13(15)4;1-3-4-5-6-7-12-8-9-13-11-16(2)15(17)14(13)10-12/h6-10,16H,3H2,1-2,4-5H3,(H2,18,19,22);8-10H,3,6-7,11H2,1-2H3/b8-6-,10-7+,14-9+;. The zero-order valence-corrected chi connectivity index (χ0v) is 23.9. The van der Waals surface area contributed by atoms with E-state index in [1.807, 2.05) is 76.0 Å². The van der Waals surface area contributed by atoms with Gasteiger partial charge in [-0.15, -0.1) is 11.8 Å². The first-order valence-corrected chi connectivity index (χ1v) is 13.3. The number of allylic oxidation sites excluding steroid dienone is 3. The highest BCUT2D eigenvalue weighted by Crippen LogP contribution is 2.23. The minimum absolute atomic E-state index is 0.140. The molecule has 0 saturated carbocycles. The van der Waals surface area contributed by atoms with Crippen molar-refractivity contribution in [2.24, 2.45) is 7.05 Å². The number of carbonyl (C=O) groups is 2. The van der Waals surface area contributed by atoms with E-state index in [1.165, 1.54) is 5.56 Å². The Morgan fingerprint density at radius 2 is 2.00 bits per heavy atom. The average Bonchev–Trinajstić information content (AvgIpc) is 3.48. The summed E-state index contributed by atoms with van der Waals surface area (Å²) in [6.07, 6.45) is 12.6. The number of amides is 3. The van der Waals surface area contributed by atoms with Gasteiger partial charge in [0.1, 0.15) is 0 Å². The second-order valence-corrected chi connectivity index (χ2v) is 9.65. The molecule has 4 rings (SSSR count). The monoisotopic (exact) mass is 525 g/mol. The molecule has 1 saturated heterocycles. The Morgan fingerprint density at radius 3 is 2.62 bits per heavy atom. The second kappa shape index (κ2) is 13.5. The molecule has 39 heavy (non-hydrogen) atoms. The van der Waals surface area contributed by atoms with Crippen molar-refractivity contribution in [3.8, 4) is 11.8 Å². The van der Waals surface area contributed by atoms with Crippen LogP contribution in [0.15, 0.2) is 60.4 Å². The number of aromatic nitrogens is 2. The lowest BCUT2D eigenvalue weighted by atomic mass is 10.0. The van der Waals surface area contributed by atoms with Gasteiger partial charge in [-0.05, 0) is 50.0 Å². The summed E-state index contributed by atoms with van der Waals surface area (Å²) in [5.74, 6) is 6.33. The van der Waals surface area contributed by atoms with Gasteiger partial charge in [-0.25, -0.2) is 4.79 Å². The summed E-state index contributed by atoms with van der Waals surface area (Å²) >= 11 is 0. The second-order valence-electron chi connectivity index (χ2n) is 9.65. The van der Waals surface area contributed by atoms with Crippen LogP contribution in [0.3, 0.4) is 0 Å². The summed E-state index contributed by atoms with van der Waals surface area (Å²) < 4.78 is 1.87. The quantitative estimate of drug-likeness (QED) is 0.393. The highest BCUT2D eigenvalue weighted by atomic mass is 16.2. The lowest BCUT2D eigenvalue weighted by molar-refractivity contribution is 0.0816. The summed E-state index contributed by atoms with van der Waals surface area (Å²) in [5.41, 5.74) is 8.09. The van der Waals surface area contributed by atoms with E-state index in [1.54, 1.807) is 4.90 Å². The number of hydrogen-bond acceptors (Lipinski definition) is 3. The van der Waals surface area contributed by atoms with Gasteiger partial charge in [0, 0.05) is 56.0 Å². The Labute approximate surface area is 232 Å². The zero-order chi connectivity index (χ0) is 28.5. The maximum absolute atomic E-state index is 11.8. The Balaban J connectivity index is 0.000000223. The number of carbonyl (C=O) groups excluding carboxylic acids is 2. The van der Waals surface area contributed by atoms with Crippen molar-refractivity contribution in [2.45, 2.75) is 59.5 Å². The molecule has 0 aliphatic carbocycles. The third-order valence-corrected chi connectivity index (χ3v) is 6.71. The van der Waals surface area contributed by atoms with E-state index in [0.717, 1.165) is 59.5 Å². The number of nitrogens with one attached hydrogen (secondary N) is 2. The zero-order valence-electron chi connectivity index (χ0n) is 23.9. The number of hydrogen-bond donors (Lipinski definition) is 2. The molecule has 2 aliphatic rings. The minimum atomic E-state index is -0.215. The van der Waals surface area contributed by atoms with Crippen LogP contribution in [0.2, 0.25) is 0 Å². The van der Waals surface area contributed by atoms with Crippen molar-refractivity contribution in [3.63, 3.8) is 0 Å². The molecule has 1 fully saturated rings. The van der Waals surface area contributed by atoms with Gasteiger partial charge in [0.15, 0.2) is 0 Å². The molecule has 7 heteroatoms. The van der Waals surface area contributed by atoms with E-state index < -0.39 is 0 Å². The predicted molar refractivity (Wildman–Crippen MR) is 158 cm³/mol.